The van der Waals surface area contributed by atoms with E-state index in [-0.39, 0.29) is 11.7 Å². The third kappa shape index (κ3) is 2.56. The second-order valence-corrected chi connectivity index (χ2v) is 4.86. The Labute approximate surface area is 112 Å². The Kier molecular flexibility index (Phi) is 4.02. The van der Waals surface area contributed by atoms with E-state index in [1.165, 1.54) is 0 Å². The maximum Gasteiger partial charge on any atom is 0.223 e. The number of hydrogen-bond acceptors (Lipinski definition) is 2. The van der Waals surface area contributed by atoms with E-state index in [0.717, 1.165) is 23.2 Å². The van der Waals surface area contributed by atoms with Crippen LogP contribution in [-0.4, -0.2) is 24.1 Å². The van der Waals surface area contributed by atoms with Gasteiger partial charge in [-0.25, -0.2) is 0 Å². The fourth-order valence-corrected chi connectivity index (χ4v) is 2.41. The smallest absolute Gasteiger partial charge is 0.223 e. The average Bonchev–Trinajstić information content (AvgIpc) is 2.78. The van der Waals surface area contributed by atoms with E-state index in [4.69, 9.17) is 11.6 Å². The zero-order valence-electron chi connectivity index (χ0n) is 10.4. The van der Waals surface area contributed by atoms with Crippen molar-refractivity contribution in [3.8, 4) is 0 Å². The lowest BCUT2D eigenvalue weighted by atomic mass is 10.0. The van der Waals surface area contributed by atoms with Crippen LogP contribution in [0.1, 0.15) is 35.7 Å². The molecule has 2 rings (SSSR count). The van der Waals surface area contributed by atoms with Gasteiger partial charge in [-0.05, 0) is 36.6 Å². The summed E-state index contributed by atoms with van der Waals surface area (Å²) in [6, 6.07) is 5.59. The third-order valence-corrected chi connectivity index (χ3v) is 3.48. The molecule has 0 bridgehead atoms. The maximum absolute atomic E-state index is 11.9. The highest BCUT2D eigenvalue weighted by molar-refractivity contribution is 6.18. The van der Waals surface area contributed by atoms with Crippen molar-refractivity contribution >= 4 is 29.0 Å². The monoisotopic (exact) mass is 265 g/mol. The van der Waals surface area contributed by atoms with Crippen LogP contribution in [0.2, 0.25) is 0 Å². The van der Waals surface area contributed by atoms with E-state index in [1.807, 2.05) is 12.1 Å². The molecule has 3 nitrogen and oxygen atoms in total. The van der Waals surface area contributed by atoms with Crippen LogP contribution in [-0.2, 0) is 11.2 Å². The molecule has 0 aliphatic carbocycles. The van der Waals surface area contributed by atoms with Gasteiger partial charge in [0.15, 0.2) is 5.78 Å². The molecule has 0 N–H and O–H groups in total. The lowest BCUT2D eigenvalue weighted by molar-refractivity contribution is -0.116. The van der Waals surface area contributed by atoms with Crippen LogP contribution in [0, 0.1) is 0 Å². The van der Waals surface area contributed by atoms with Crippen molar-refractivity contribution in [1.82, 2.24) is 0 Å². The number of amides is 1. The summed E-state index contributed by atoms with van der Waals surface area (Å²) < 4.78 is 0. The van der Waals surface area contributed by atoms with Gasteiger partial charge in [0.2, 0.25) is 5.91 Å². The lowest BCUT2D eigenvalue weighted by Crippen LogP contribution is -2.25. The molecule has 1 heterocycles. The molecular formula is C14H16ClNO2. The Hall–Kier alpha value is -1.35. The number of carbonyl (C=O) groups excluding carboxylic acids is 2. The summed E-state index contributed by atoms with van der Waals surface area (Å²) in [5, 5.41) is 0. The highest BCUT2D eigenvalue weighted by Crippen LogP contribution is 2.29. The molecule has 0 aromatic heterocycles. The molecule has 0 saturated carbocycles. The normalized spacial score (nSPS) is 13.6. The number of alkyl halides is 1. The van der Waals surface area contributed by atoms with Gasteiger partial charge in [0.05, 0.1) is 0 Å². The first-order chi connectivity index (χ1) is 8.63. The summed E-state index contributed by atoms with van der Waals surface area (Å²) in [6.07, 6.45) is 2.02. The number of ketones is 1. The Balaban J connectivity index is 2.19. The standard InChI is InChI=1S/C14H16ClNO2/c1-10(17)16-8-6-11-9-12(4-5-13(11)16)14(18)3-2-7-15/h4-5,9H,2-3,6-8H2,1H3. The van der Waals surface area contributed by atoms with E-state index in [9.17, 15) is 9.59 Å². The topological polar surface area (TPSA) is 37.4 Å². The van der Waals surface area contributed by atoms with Crippen molar-refractivity contribution < 1.29 is 9.59 Å². The van der Waals surface area contributed by atoms with Crippen molar-refractivity contribution in [2.45, 2.75) is 26.2 Å². The van der Waals surface area contributed by atoms with Gasteiger partial charge in [0, 0.05) is 37.0 Å². The van der Waals surface area contributed by atoms with Crippen LogP contribution in [0.25, 0.3) is 0 Å². The van der Waals surface area contributed by atoms with Crippen LogP contribution < -0.4 is 4.90 Å². The number of anilines is 1. The van der Waals surface area contributed by atoms with Gasteiger partial charge in [-0.15, -0.1) is 11.6 Å². The van der Waals surface area contributed by atoms with Crippen LogP contribution >= 0.6 is 11.6 Å². The first-order valence-electron chi connectivity index (χ1n) is 6.13. The number of nitrogens with zero attached hydrogens (tertiary/aromatic N) is 1. The summed E-state index contributed by atoms with van der Waals surface area (Å²) in [5.74, 6) is 0.684. The Morgan fingerprint density at radius 1 is 1.39 bits per heavy atom. The van der Waals surface area contributed by atoms with E-state index in [2.05, 4.69) is 0 Å². The number of benzene rings is 1. The molecular weight excluding hydrogens is 250 g/mol. The number of halogens is 1. The number of Topliss-reactive ketones (excluding diaryl/α,β-unsaturated/α-hetero) is 1. The predicted molar refractivity (Wildman–Crippen MR) is 72.5 cm³/mol. The van der Waals surface area contributed by atoms with Gasteiger partial charge in [-0.3, -0.25) is 9.59 Å². The molecule has 1 aromatic rings. The predicted octanol–water partition coefficient (Wildman–Crippen LogP) is 2.80. The Bertz CT molecular complexity index is 485. The van der Waals surface area contributed by atoms with E-state index < -0.39 is 0 Å². The largest absolute Gasteiger partial charge is 0.312 e. The number of fused-ring (bicyclic) bond motifs is 1. The molecule has 0 atom stereocenters. The highest BCUT2D eigenvalue weighted by atomic mass is 35.5. The first kappa shape index (κ1) is 13.1. The molecule has 96 valence electrons. The Morgan fingerprint density at radius 3 is 2.83 bits per heavy atom. The fraction of sp³-hybridized carbons (Fsp3) is 0.429. The van der Waals surface area contributed by atoms with Gasteiger partial charge in [0.1, 0.15) is 0 Å². The van der Waals surface area contributed by atoms with E-state index >= 15 is 0 Å². The summed E-state index contributed by atoms with van der Waals surface area (Å²) in [7, 11) is 0. The molecule has 0 radical (unpaired) electrons. The van der Waals surface area contributed by atoms with E-state index in [1.54, 1.807) is 17.9 Å². The van der Waals surface area contributed by atoms with Gasteiger partial charge >= 0.3 is 0 Å². The SMILES string of the molecule is CC(=O)N1CCc2cc(C(=O)CCCCl)ccc21. The summed E-state index contributed by atoms with van der Waals surface area (Å²) in [5.41, 5.74) is 2.75. The molecule has 18 heavy (non-hydrogen) atoms. The molecule has 1 aliphatic heterocycles. The lowest BCUT2D eigenvalue weighted by Gasteiger charge is -2.14. The molecule has 1 aromatic carbocycles. The van der Waals surface area contributed by atoms with Crippen LogP contribution in [0.5, 0.6) is 0 Å². The molecule has 0 unspecified atom stereocenters. The van der Waals surface area contributed by atoms with Crippen molar-refractivity contribution in [3.05, 3.63) is 29.3 Å². The van der Waals surface area contributed by atoms with Gasteiger partial charge in [0.25, 0.3) is 0 Å². The maximum atomic E-state index is 11.9. The minimum absolute atomic E-state index is 0.0509. The second kappa shape index (κ2) is 5.53. The van der Waals surface area contributed by atoms with Crippen molar-refractivity contribution in [1.29, 1.82) is 0 Å². The highest BCUT2D eigenvalue weighted by Gasteiger charge is 2.22. The molecule has 1 aliphatic rings. The fourth-order valence-electron chi connectivity index (χ4n) is 2.27. The van der Waals surface area contributed by atoms with Crippen LogP contribution in [0.4, 0.5) is 5.69 Å². The molecule has 0 saturated heterocycles. The quantitative estimate of drug-likeness (QED) is 0.620. The Morgan fingerprint density at radius 2 is 2.17 bits per heavy atom. The number of hydrogen-bond donors (Lipinski definition) is 0. The first-order valence-corrected chi connectivity index (χ1v) is 6.67. The molecule has 4 heteroatoms. The van der Waals surface area contributed by atoms with Gasteiger partial charge < -0.3 is 4.90 Å². The van der Waals surface area contributed by atoms with Crippen molar-refractivity contribution in [3.63, 3.8) is 0 Å². The minimum Gasteiger partial charge on any atom is -0.312 e. The van der Waals surface area contributed by atoms with Gasteiger partial charge in [-0.2, -0.15) is 0 Å². The number of carbonyl (C=O) groups is 2. The van der Waals surface area contributed by atoms with Crippen LogP contribution in [0.3, 0.4) is 0 Å². The van der Waals surface area contributed by atoms with Gasteiger partial charge in [-0.1, -0.05) is 0 Å². The second-order valence-electron chi connectivity index (χ2n) is 4.48. The third-order valence-electron chi connectivity index (χ3n) is 3.21. The summed E-state index contributed by atoms with van der Waals surface area (Å²) >= 11 is 5.58. The zero-order valence-corrected chi connectivity index (χ0v) is 11.2. The minimum atomic E-state index is 0.0509. The molecule has 0 spiro atoms. The average molecular weight is 266 g/mol. The van der Waals surface area contributed by atoms with Crippen LogP contribution in [0.15, 0.2) is 18.2 Å². The summed E-state index contributed by atoms with van der Waals surface area (Å²) in [6.45, 7) is 2.28. The zero-order chi connectivity index (χ0) is 13.1. The number of rotatable bonds is 4. The van der Waals surface area contributed by atoms with Crippen molar-refractivity contribution in [2.24, 2.45) is 0 Å². The van der Waals surface area contributed by atoms with Crippen molar-refractivity contribution in [2.75, 3.05) is 17.3 Å². The molecule has 0 fully saturated rings. The van der Waals surface area contributed by atoms with E-state index in [0.29, 0.717) is 25.3 Å². The molecule has 1 amide bonds. The summed E-state index contributed by atoms with van der Waals surface area (Å²) in [4.78, 5) is 25.0.